The minimum absolute atomic E-state index is 0.103. The number of imide groups is 1. The number of hydrogen-bond donors (Lipinski definition) is 1. The average Bonchev–Trinajstić information content (AvgIpc) is 3.10. The maximum absolute atomic E-state index is 13.8. The molecule has 0 atom stereocenters. The number of hydrogen-bond acceptors (Lipinski definition) is 9. The van der Waals surface area contributed by atoms with Gasteiger partial charge in [0.05, 0.1) is 5.69 Å². The van der Waals surface area contributed by atoms with Crippen molar-refractivity contribution in [2.75, 3.05) is 4.90 Å². The molecule has 2 amide bonds. The van der Waals surface area contributed by atoms with E-state index < -0.39 is 40.7 Å². The first-order chi connectivity index (χ1) is 20.0. The first kappa shape index (κ1) is 33.7. The van der Waals surface area contributed by atoms with Gasteiger partial charge < -0.3 is 23.9 Å². The molecule has 0 aliphatic rings. The fourth-order valence-electron chi connectivity index (χ4n) is 4.36. The van der Waals surface area contributed by atoms with Crippen molar-refractivity contribution >= 4 is 35.2 Å². The van der Waals surface area contributed by atoms with E-state index in [9.17, 15) is 24.4 Å². The van der Waals surface area contributed by atoms with Crippen LogP contribution >= 0.6 is 0 Å². The van der Waals surface area contributed by atoms with Crippen molar-refractivity contribution in [3.05, 3.63) is 50.8 Å². The van der Waals surface area contributed by atoms with Crippen LogP contribution in [0, 0.1) is 32.1 Å². The standard InChI is InChI=1S/C32H40N4O8/c1-17-13-14-22(41-29(40)44-32(10,11)12)19(3)23(17)35-24-20(15-18(2)25(37)34-24)21(16-33)26(35)36(27(38)42-30(4,5)6)28(39)43-31(7,8)9/h13-15H,1-12H3,(H,34,37). The minimum Gasteiger partial charge on any atom is -0.443 e. The van der Waals surface area contributed by atoms with Crippen LogP contribution in [0.4, 0.5) is 20.2 Å². The summed E-state index contributed by atoms with van der Waals surface area (Å²) in [5.41, 5.74) is -1.72. The van der Waals surface area contributed by atoms with Crippen LogP contribution in [0.3, 0.4) is 0 Å². The fraction of sp³-hybridized carbons (Fsp3) is 0.469. The number of nitrogens with zero attached hydrogens (tertiary/aromatic N) is 3. The summed E-state index contributed by atoms with van der Waals surface area (Å²) in [7, 11) is 0. The molecule has 0 saturated carbocycles. The molecule has 1 aromatic carbocycles. The van der Waals surface area contributed by atoms with Crippen LogP contribution < -0.4 is 15.2 Å². The lowest BCUT2D eigenvalue weighted by molar-refractivity contribution is 0.0203. The minimum atomic E-state index is -1.11. The predicted molar refractivity (Wildman–Crippen MR) is 165 cm³/mol. The number of amides is 2. The zero-order valence-corrected chi connectivity index (χ0v) is 27.3. The molecule has 2 aromatic heterocycles. The number of nitrogens with one attached hydrogen (secondary N) is 1. The summed E-state index contributed by atoms with van der Waals surface area (Å²) in [6.07, 6.45) is -3.16. The van der Waals surface area contributed by atoms with Gasteiger partial charge in [0, 0.05) is 16.5 Å². The summed E-state index contributed by atoms with van der Waals surface area (Å²) >= 11 is 0. The number of pyridine rings is 1. The lowest BCUT2D eigenvalue weighted by atomic mass is 10.1. The molecule has 44 heavy (non-hydrogen) atoms. The third-order valence-electron chi connectivity index (χ3n) is 6.00. The van der Waals surface area contributed by atoms with Gasteiger partial charge in [0.25, 0.3) is 5.56 Å². The highest BCUT2D eigenvalue weighted by atomic mass is 16.7. The van der Waals surface area contributed by atoms with Crippen molar-refractivity contribution in [1.82, 2.24) is 9.55 Å². The summed E-state index contributed by atoms with van der Waals surface area (Å²) in [5.74, 6) is -0.116. The second-order valence-electron chi connectivity index (χ2n) is 13.4. The number of fused-ring (bicyclic) bond motifs is 1. The lowest BCUT2D eigenvalue weighted by Crippen LogP contribution is -2.45. The number of rotatable bonds is 3. The largest absolute Gasteiger partial charge is 0.514 e. The summed E-state index contributed by atoms with van der Waals surface area (Å²) in [6.45, 7) is 19.9. The first-order valence-electron chi connectivity index (χ1n) is 14.0. The Morgan fingerprint density at radius 2 is 1.36 bits per heavy atom. The van der Waals surface area contributed by atoms with E-state index in [0.29, 0.717) is 27.3 Å². The van der Waals surface area contributed by atoms with Crippen LogP contribution in [0.2, 0.25) is 0 Å². The van der Waals surface area contributed by atoms with E-state index >= 15 is 0 Å². The molecule has 12 nitrogen and oxygen atoms in total. The number of ether oxygens (including phenoxy) is 4. The molecule has 3 rings (SSSR count). The molecule has 0 spiro atoms. The zero-order chi connectivity index (χ0) is 33.5. The first-order valence-corrected chi connectivity index (χ1v) is 14.0. The van der Waals surface area contributed by atoms with Gasteiger partial charge in [-0.2, -0.15) is 10.2 Å². The third-order valence-corrected chi connectivity index (χ3v) is 6.00. The molecule has 3 aromatic rings. The van der Waals surface area contributed by atoms with E-state index in [-0.39, 0.29) is 28.2 Å². The lowest BCUT2D eigenvalue weighted by Gasteiger charge is -2.29. The number of carbonyl (C=O) groups excluding carboxylic acids is 3. The SMILES string of the molecule is Cc1ccc(OC(=O)OC(C)(C)C)c(C)c1-n1c(N(C(=O)OC(C)(C)C)C(=O)OC(C)(C)C)c(C#N)c2cc(C)c(=O)[nH]c21. The van der Waals surface area contributed by atoms with Gasteiger partial charge in [-0.25, -0.2) is 14.4 Å². The highest BCUT2D eigenvalue weighted by Crippen LogP contribution is 2.40. The van der Waals surface area contributed by atoms with Gasteiger partial charge in [0.2, 0.25) is 0 Å². The van der Waals surface area contributed by atoms with Crippen LogP contribution in [0.15, 0.2) is 23.0 Å². The second-order valence-corrected chi connectivity index (χ2v) is 13.4. The summed E-state index contributed by atoms with van der Waals surface area (Å²) < 4.78 is 23.5. The normalized spacial score (nSPS) is 12.0. The number of carbonyl (C=O) groups is 3. The Balaban J connectivity index is 2.50. The molecule has 12 heteroatoms. The molecule has 0 aliphatic heterocycles. The molecule has 2 heterocycles. The van der Waals surface area contributed by atoms with Crippen molar-refractivity contribution in [2.45, 2.75) is 99.9 Å². The van der Waals surface area contributed by atoms with Crippen molar-refractivity contribution in [3.8, 4) is 17.5 Å². The highest BCUT2D eigenvalue weighted by Gasteiger charge is 2.39. The Hall–Kier alpha value is -4.79. The zero-order valence-electron chi connectivity index (χ0n) is 27.3. The second kappa shape index (κ2) is 11.7. The van der Waals surface area contributed by atoms with Crippen molar-refractivity contribution in [2.24, 2.45) is 0 Å². The molecule has 236 valence electrons. The average molecular weight is 609 g/mol. The molecule has 0 fully saturated rings. The molecule has 1 N–H and O–H groups in total. The maximum atomic E-state index is 13.8. The van der Waals surface area contributed by atoms with Crippen molar-refractivity contribution < 1.29 is 33.3 Å². The molecule has 0 radical (unpaired) electrons. The number of H-pyrrole nitrogens is 1. The molecule has 0 aliphatic carbocycles. The number of benzene rings is 1. The summed E-state index contributed by atoms with van der Waals surface area (Å²) in [5, 5.41) is 10.7. The van der Waals surface area contributed by atoms with E-state index in [1.54, 1.807) is 95.2 Å². The molecule has 0 saturated heterocycles. The van der Waals surface area contributed by atoms with E-state index in [2.05, 4.69) is 11.1 Å². The Labute approximate surface area is 256 Å². The topological polar surface area (TPSA) is 153 Å². The van der Waals surface area contributed by atoms with E-state index in [1.165, 1.54) is 10.6 Å². The highest BCUT2D eigenvalue weighted by molar-refractivity contribution is 6.12. The molecule has 0 bridgehead atoms. The van der Waals surface area contributed by atoms with Crippen molar-refractivity contribution in [1.29, 1.82) is 5.26 Å². The van der Waals surface area contributed by atoms with Gasteiger partial charge in [0.15, 0.2) is 5.82 Å². The molecule has 0 unspecified atom stereocenters. The number of nitriles is 1. The monoisotopic (exact) mass is 608 g/mol. The van der Waals surface area contributed by atoms with Gasteiger partial charge >= 0.3 is 18.3 Å². The molecular formula is C32H40N4O8. The number of aromatic nitrogens is 2. The van der Waals surface area contributed by atoms with Gasteiger partial charge in [-0.05, 0) is 101 Å². The number of aromatic amines is 1. The van der Waals surface area contributed by atoms with Crippen LogP contribution in [0.1, 0.15) is 84.6 Å². The van der Waals surface area contributed by atoms with E-state index in [1.807, 2.05) is 0 Å². The van der Waals surface area contributed by atoms with Crippen LogP contribution in [0.25, 0.3) is 16.7 Å². The van der Waals surface area contributed by atoms with Gasteiger partial charge in [-0.3, -0.25) is 9.36 Å². The van der Waals surface area contributed by atoms with Crippen molar-refractivity contribution in [3.63, 3.8) is 0 Å². The van der Waals surface area contributed by atoms with E-state index in [4.69, 9.17) is 18.9 Å². The Morgan fingerprint density at radius 3 is 1.84 bits per heavy atom. The van der Waals surface area contributed by atoms with E-state index in [0.717, 1.165) is 0 Å². The number of aryl methyl sites for hydroxylation is 2. The fourth-order valence-corrected chi connectivity index (χ4v) is 4.36. The quantitative estimate of drug-likeness (QED) is 0.186. The third kappa shape index (κ3) is 7.40. The Morgan fingerprint density at radius 1 is 0.841 bits per heavy atom. The Kier molecular flexibility index (Phi) is 8.97. The van der Waals surface area contributed by atoms with Crippen LogP contribution in [0.5, 0.6) is 5.75 Å². The summed E-state index contributed by atoms with van der Waals surface area (Å²) in [6, 6.07) is 6.82. The molecular weight excluding hydrogens is 568 g/mol. The summed E-state index contributed by atoms with van der Waals surface area (Å²) in [4.78, 5) is 56.5. The van der Waals surface area contributed by atoms with Gasteiger partial charge in [-0.1, -0.05) is 6.07 Å². The maximum Gasteiger partial charge on any atom is 0.514 e. The van der Waals surface area contributed by atoms with Gasteiger partial charge in [-0.15, -0.1) is 0 Å². The smallest absolute Gasteiger partial charge is 0.443 e. The Bertz CT molecular complexity index is 1710. The van der Waals surface area contributed by atoms with Crippen LogP contribution in [-0.2, 0) is 14.2 Å². The number of anilines is 1. The van der Waals surface area contributed by atoms with Gasteiger partial charge in [0.1, 0.15) is 39.8 Å². The predicted octanol–water partition coefficient (Wildman–Crippen LogP) is 7.11. The van der Waals surface area contributed by atoms with Crippen LogP contribution in [-0.4, -0.2) is 44.7 Å².